The van der Waals surface area contributed by atoms with E-state index in [0.29, 0.717) is 25.6 Å². The highest BCUT2D eigenvalue weighted by atomic mass is 35.5. The number of hydrogen-bond acceptors (Lipinski definition) is 4. The minimum atomic E-state index is -3.61. The van der Waals surface area contributed by atoms with Crippen molar-refractivity contribution in [2.45, 2.75) is 44.6 Å². The molecular weight excluding hydrogens is 398 g/mol. The molecule has 1 heterocycles. The van der Waals surface area contributed by atoms with Crippen molar-refractivity contribution in [2.24, 2.45) is 17.6 Å². The van der Waals surface area contributed by atoms with Crippen LogP contribution in [0.4, 0.5) is 0 Å². The number of carbonyl (C=O) groups excluding carboxylic acids is 1. The first kappa shape index (κ1) is 23.1. The molecule has 1 saturated carbocycles. The summed E-state index contributed by atoms with van der Waals surface area (Å²) in [6.45, 7) is 3.72. The monoisotopic (exact) mass is 429 g/mol. The van der Waals surface area contributed by atoms with E-state index < -0.39 is 15.8 Å². The van der Waals surface area contributed by atoms with Gasteiger partial charge in [0.15, 0.2) is 0 Å². The standard InChI is InChI=1S/C20H31N3O3S.ClH/c1-15-7-9-18(10-8-15)22-27(25,26)14-20(24)23-12-17(11-21)19(13-23)16-5-3-2-4-6-16;/h2-6,15,17-19,22H,7-14,21H2,1H3;1H/t15?,17-,18?,19+;/m1./s1. The van der Waals surface area contributed by atoms with Gasteiger partial charge in [0.2, 0.25) is 15.9 Å². The van der Waals surface area contributed by atoms with Gasteiger partial charge >= 0.3 is 0 Å². The van der Waals surface area contributed by atoms with Crippen LogP contribution in [0, 0.1) is 11.8 Å². The molecule has 1 aromatic carbocycles. The maximum absolute atomic E-state index is 12.7. The molecule has 0 aromatic heterocycles. The maximum Gasteiger partial charge on any atom is 0.239 e. The number of nitrogens with two attached hydrogens (primary N) is 1. The van der Waals surface area contributed by atoms with E-state index in [1.807, 2.05) is 30.3 Å². The summed E-state index contributed by atoms with van der Waals surface area (Å²) in [6.07, 6.45) is 3.77. The highest BCUT2D eigenvalue weighted by molar-refractivity contribution is 7.90. The predicted molar refractivity (Wildman–Crippen MR) is 114 cm³/mol. The first-order valence-corrected chi connectivity index (χ1v) is 11.6. The summed E-state index contributed by atoms with van der Waals surface area (Å²) < 4.78 is 27.7. The highest BCUT2D eigenvalue weighted by Crippen LogP contribution is 2.32. The van der Waals surface area contributed by atoms with Gasteiger partial charge in [0.05, 0.1) is 0 Å². The molecule has 6 nitrogen and oxygen atoms in total. The second kappa shape index (κ2) is 10.1. The van der Waals surface area contributed by atoms with Gasteiger partial charge in [-0.15, -0.1) is 12.4 Å². The van der Waals surface area contributed by atoms with Crippen molar-refractivity contribution in [1.29, 1.82) is 0 Å². The number of likely N-dealkylation sites (tertiary alicyclic amines) is 1. The molecule has 1 amide bonds. The number of carbonyl (C=O) groups is 1. The van der Waals surface area contributed by atoms with Gasteiger partial charge < -0.3 is 10.6 Å². The molecule has 2 fully saturated rings. The predicted octanol–water partition coefficient (Wildman–Crippen LogP) is 2.11. The Kier molecular flexibility index (Phi) is 8.30. The number of hydrogen-bond donors (Lipinski definition) is 2. The van der Waals surface area contributed by atoms with Crippen molar-refractivity contribution >= 4 is 28.3 Å². The highest BCUT2D eigenvalue weighted by Gasteiger charge is 2.36. The Hall–Kier alpha value is -1.15. The Labute approximate surface area is 174 Å². The Morgan fingerprint density at radius 2 is 1.79 bits per heavy atom. The molecular formula is C20H32ClN3O3S. The van der Waals surface area contributed by atoms with Crippen molar-refractivity contribution < 1.29 is 13.2 Å². The molecule has 1 aliphatic carbocycles. The van der Waals surface area contributed by atoms with E-state index in [4.69, 9.17) is 5.73 Å². The zero-order chi connectivity index (χ0) is 19.4. The van der Waals surface area contributed by atoms with E-state index in [2.05, 4.69) is 11.6 Å². The van der Waals surface area contributed by atoms with Crippen LogP contribution in [0.2, 0.25) is 0 Å². The van der Waals surface area contributed by atoms with Gasteiger partial charge in [-0.3, -0.25) is 4.79 Å². The van der Waals surface area contributed by atoms with E-state index in [0.717, 1.165) is 31.2 Å². The lowest BCUT2D eigenvalue weighted by Crippen LogP contribution is -2.43. The van der Waals surface area contributed by atoms with Crippen LogP contribution in [0.25, 0.3) is 0 Å². The van der Waals surface area contributed by atoms with E-state index in [9.17, 15) is 13.2 Å². The summed E-state index contributed by atoms with van der Waals surface area (Å²) in [5.41, 5.74) is 7.07. The topological polar surface area (TPSA) is 92.5 Å². The Morgan fingerprint density at radius 1 is 1.14 bits per heavy atom. The molecule has 1 aromatic rings. The van der Waals surface area contributed by atoms with Crippen molar-refractivity contribution in [3.63, 3.8) is 0 Å². The third kappa shape index (κ3) is 5.92. The Balaban J connectivity index is 0.00000280. The number of halogens is 1. The molecule has 28 heavy (non-hydrogen) atoms. The fourth-order valence-corrected chi connectivity index (χ4v) is 5.65. The van der Waals surface area contributed by atoms with E-state index in [-0.39, 0.29) is 36.2 Å². The molecule has 0 spiro atoms. The summed E-state index contributed by atoms with van der Waals surface area (Å²) in [5, 5.41) is 0. The molecule has 1 saturated heterocycles. The second-order valence-corrected chi connectivity index (χ2v) is 9.90. The summed E-state index contributed by atoms with van der Waals surface area (Å²) in [4.78, 5) is 14.3. The minimum Gasteiger partial charge on any atom is -0.341 e. The molecule has 1 aliphatic heterocycles. The van der Waals surface area contributed by atoms with Crippen LogP contribution in [0.1, 0.15) is 44.1 Å². The quantitative estimate of drug-likeness (QED) is 0.724. The van der Waals surface area contributed by atoms with Gasteiger partial charge in [0.25, 0.3) is 0 Å². The largest absolute Gasteiger partial charge is 0.341 e. The first-order chi connectivity index (χ1) is 12.9. The van der Waals surface area contributed by atoms with E-state index in [1.165, 1.54) is 0 Å². The fourth-order valence-electron chi connectivity index (χ4n) is 4.32. The smallest absolute Gasteiger partial charge is 0.239 e. The molecule has 2 aliphatic rings. The lowest BCUT2D eigenvalue weighted by Gasteiger charge is -2.27. The minimum absolute atomic E-state index is 0. The van der Waals surface area contributed by atoms with Crippen molar-refractivity contribution in [1.82, 2.24) is 9.62 Å². The number of nitrogens with zero attached hydrogens (tertiary/aromatic N) is 1. The molecule has 3 rings (SSSR count). The normalized spacial score (nSPS) is 28.0. The second-order valence-electron chi connectivity index (χ2n) is 8.15. The zero-order valence-electron chi connectivity index (χ0n) is 16.4. The van der Waals surface area contributed by atoms with Gasteiger partial charge in [-0.1, -0.05) is 37.3 Å². The van der Waals surface area contributed by atoms with Crippen molar-refractivity contribution in [2.75, 3.05) is 25.4 Å². The van der Waals surface area contributed by atoms with E-state index in [1.54, 1.807) is 4.90 Å². The Bertz CT molecular complexity index is 736. The zero-order valence-corrected chi connectivity index (χ0v) is 18.1. The number of nitrogens with one attached hydrogen (secondary N) is 1. The molecule has 0 unspecified atom stereocenters. The van der Waals surface area contributed by atoms with Gasteiger partial charge in [0.1, 0.15) is 5.75 Å². The summed E-state index contributed by atoms with van der Waals surface area (Å²) in [5.74, 6) is 0.170. The van der Waals surface area contributed by atoms with Crippen LogP contribution < -0.4 is 10.5 Å². The number of amides is 1. The lowest BCUT2D eigenvalue weighted by molar-refractivity contribution is -0.127. The van der Waals surface area contributed by atoms with E-state index >= 15 is 0 Å². The molecule has 8 heteroatoms. The van der Waals surface area contributed by atoms with Gasteiger partial charge in [-0.25, -0.2) is 13.1 Å². The van der Waals surface area contributed by atoms with Crippen LogP contribution in [-0.2, 0) is 14.8 Å². The average Bonchev–Trinajstić information content (AvgIpc) is 3.08. The SMILES string of the molecule is CC1CCC(NS(=O)(=O)CC(=O)N2C[C@@H](CN)[C@H](c3ccccc3)C2)CC1.Cl. The summed E-state index contributed by atoms with van der Waals surface area (Å²) in [7, 11) is -3.61. The Morgan fingerprint density at radius 3 is 2.39 bits per heavy atom. The van der Waals surface area contributed by atoms with Crippen molar-refractivity contribution in [3.05, 3.63) is 35.9 Å². The first-order valence-electron chi connectivity index (χ1n) is 9.90. The van der Waals surface area contributed by atoms with Crippen LogP contribution in [0.15, 0.2) is 30.3 Å². The number of rotatable bonds is 6. The van der Waals surface area contributed by atoms with Crippen LogP contribution in [-0.4, -0.2) is 50.7 Å². The summed E-state index contributed by atoms with van der Waals surface area (Å²) >= 11 is 0. The molecule has 0 bridgehead atoms. The lowest BCUT2D eigenvalue weighted by atomic mass is 9.88. The van der Waals surface area contributed by atoms with Crippen LogP contribution in [0.3, 0.4) is 0 Å². The number of benzene rings is 1. The van der Waals surface area contributed by atoms with Crippen LogP contribution >= 0.6 is 12.4 Å². The molecule has 0 radical (unpaired) electrons. The summed E-state index contributed by atoms with van der Waals surface area (Å²) in [6, 6.07) is 9.97. The average molecular weight is 430 g/mol. The van der Waals surface area contributed by atoms with Crippen molar-refractivity contribution in [3.8, 4) is 0 Å². The van der Waals surface area contributed by atoms with Gasteiger partial charge in [-0.05, 0) is 49.6 Å². The van der Waals surface area contributed by atoms with Crippen LogP contribution in [0.5, 0.6) is 0 Å². The molecule has 3 N–H and O–H groups in total. The molecule has 2 atom stereocenters. The third-order valence-corrected chi connectivity index (χ3v) is 7.32. The molecule has 158 valence electrons. The van der Waals surface area contributed by atoms with Gasteiger partial charge in [0, 0.05) is 25.0 Å². The maximum atomic E-state index is 12.7. The fraction of sp³-hybridized carbons (Fsp3) is 0.650. The number of sulfonamides is 1. The third-order valence-electron chi connectivity index (χ3n) is 6.00. The van der Waals surface area contributed by atoms with Gasteiger partial charge in [-0.2, -0.15) is 0 Å².